The molecule has 1 heterocycles. The number of amides is 3. The van der Waals surface area contributed by atoms with Crippen molar-refractivity contribution in [3.8, 4) is 11.5 Å². The second-order valence-corrected chi connectivity index (χ2v) is 7.59. The lowest BCUT2D eigenvalue weighted by atomic mass is 10.1. The van der Waals surface area contributed by atoms with Crippen LogP contribution < -0.4 is 14.8 Å². The summed E-state index contributed by atoms with van der Waals surface area (Å²) in [6.45, 7) is 0.256. The first-order chi connectivity index (χ1) is 13.3. The lowest BCUT2D eigenvalue weighted by molar-refractivity contribution is -0.121. The van der Waals surface area contributed by atoms with Crippen LogP contribution in [0.2, 0.25) is 10.0 Å². The zero-order valence-electron chi connectivity index (χ0n) is 14.9. The molecule has 1 aliphatic rings. The highest BCUT2D eigenvalue weighted by atomic mass is 79.9. The van der Waals surface area contributed by atoms with E-state index in [-0.39, 0.29) is 12.3 Å². The predicted molar refractivity (Wildman–Crippen MR) is 111 cm³/mol. The third-order valence-corrected chi connectivity index (χ3v) is 5.34. The molecular weight excluding hydrogens is 471 g/mol. The Morgan fingerprint density at radius 2 is 1.93 bits per heavy atom. The fraction of sp³-hybridized carbons (Fsp3) is 0.158. The highest BCUT2D eigenvalue weighted by Gasteiger charge is 2.30. The molecule has 1 fully saturated rings. The summed E-state index contributed by atoms with van der Waals surface area (Å²) < 4.78 is 11.9. The van der Waals surface area contributed by atoms with Gasteiger partial charge in [-0.2, -0.15) is 0 Å². The molecule has 0 aromatic heterocycles. The van der Waals surface area contributed by atoms with E-state index in [1.165, 1.54) is 14.2 Å². The van der Waals surface area contributed by atoms with E-state index in [4.69, 9.17) is 32.7 Å². The van der Waals surface area contributed by atoms with Crippen molar-refractivity contribution in [2.75, 3.05) is 14.2 Å². The molecule has 0 atom stereocenters. The Bertz CT molecular complexity index is 994. The van der Waals surface area contributed by atoms with Crippen LogP contribution >= 0.6 is 39.1 Å². The molecule has 9 heteroatoms. The molecule has 1 N–H and O–H groups in total. The number of hydrogen-bond donors (Lipinski definition) is 1. The molecule has 0 saturated carbocycles. The number of carbonyl (C=O) groups is 2. The van der Waals surface area contributed by atoms with Gasteiger partial charge in [-0.15, -0.1) is 0 Å². The monoisotopic (exact) mass is 484 g/mol. The number of rotatable bonds is 5. The standard InChI is InChI=1S/C19H15BrCl2N2O4/c1-24-18(25)15(23-19(24)26)7-11-5-12(20)17(16(8-11)27-2)28-9-10-3-4-13(21)14(22)6-10/h3-8H,9H2,1-2H3,(H,23,26)/b15-7+. The van der Waals surface area contributed by atoms with Gasteiger partial charge in [-0.05, 0) is 57.4 Å². The summed E-state index contributed by atoms with van der Waals surface area (Å²) >= 11 is 15.4. The Balaban J connectivity index is 1.84. The minimum absolute atomic E-state index is 0.186. The van der Waals surface area contributed by atoms with Crippen LogP contribution in [0.25, 0.3) is 6.08 Å². The summed E-state index contributed by atoms with van der Waals surface area (Å²) in [5, 5.41) is 3.44. The van der Waals surface area contributed by atoms with E-state index in [9.17, 15) is 9.59 Å². The highest BCUT2D eigenvalue weighted by molar-refractivity contribution is 9.10. The molecule has 0 bridgehead atoms. The van der Waals surface area contributed by atoms with Gasteiger partial charge in [0.2, 0.25) is 0 Å². The minimum atomic E-state index is -0.469. The molecule has 3 rings (SSSR count). The van der Waals surface area contributed by atoms with Crippen LogP contribution in [0.15, 0.2) is 40.5 Å². The van der Waals surface area contributed by atoms with Crippen LogP contribution in [0.3, 0.4) is 0 Å². The molecule has 2 aromatic carbocycles. The van der Waals surface area contributed by atoms with Gasteiger partial charge in [0.1, 0.15) is 12.3 Å². The molecular formula is C19H15BrCl2N2O4. The molecule has 3 amide bonds. The molecule has 0 aliphatic carbocycles. The van der Waals surface area contributed by atoms with E-state index >= 15 is 0 Å². The number of carbonyl (C=O) groups excluding carboxylic acids is 2. The number of urea groups is 1. The second kappa shape index (κ2) is 8.43. The number of benzene rings is 2. The largest absolute Gasteiger partial charge is 0.493 e. The number of nitrogens with zero attached hydrogens (tertiary/aromatic N) is 1. The number of methoxy groups -OCH3 is 1. The van der Waals surface area contributed by atoms with Gasteiger partial charge in [0.15, 0.2) is 11.5 Å². The molecule has 0 spiro atoms. The fourth-order valence-electron chi connectivity index (χ4n) is 2.54. The van der Waals surface area contributed by atoms with Crippen molar-refractivity contribution in [3.05, 3.63) is 61.7 Å². The van der Waals surface area contributed by atoms with Crippen LogP contribution in [0.1, 0.15) is 11.1 Å². The third kappa shape index (κ3) is 4.27. The summed E-state index contributed by atoms with van der Waals surface area (Å²) in [6.07, 6.45) is 1.57. The maximum atomic E-state index is 12.0. The van der Waals surface area contributed by atoms with E-state index in [1.54, 1.807) is 30.3 Å². The molecule has 6 nitrogen and oxygen atoms in total. The topological polar surface area (TPSA) is 67.9 Å². The van der Waals surface area contributed by atoms with Gasteiger partial charge in [-0.25, -0.2) is 4.79 Å². The number of halogens is 3. The van der Waals surface area contributed by atoms with Gasteiger partial charge in [-0.1, -0.05) is 29.3 Å². The number of nitrogens with one attached hydrogen (secondary N) is 1. The summed E-state index contributed by atoms with van der Waals surface area (Å²) in [7, 11) is 2.93. The van der Waals surface area contributed by atoms with Gasteiger partial charge >= 0.3 is 6.03 Å². The van der Waals surface area contributed by atoms with Crippen molar-refractivity contribution in [2.24, 2.45) is 0 Å². The highest BCUT2D eigenvalue weighted by Crippen LogP contribution is 2.38. The first kappa shape index (κ1) is 20.5. The first-order valence-electron chi connectivity index (χ1n) is 8.05. The van der Waals surface area contributed by atoms with Crippen LogP contribution in [0.5, 0.6) is 11.5 Å². The Hall–Kier alpha value is -2.22. The number of likely N-dealkylation sites (N-methyl/N-ethyl adjacent to an activating group) is 1. The van der Waals surface area contributed by atoms with Crippen molar-refractivity contribution in [1.82, 2.24) is 10.2 Å². The summed E-state index contributed by atoms with van der Waals surface area (Å²) in [5.74, 6) is 0.557. The van der Waals surface area contributed by atoms with Crippen molar-refractivity contribution in [1.29, 1.82) is 0 Å². The number of imide groups is 1. The van der Waals surface area contributed by atoms with Crippen molar-refractivity contribution >= 4 is 57.1 Å². The van der Waals surface area contributed by atoms with E-state index in [0.717, 1.165) is 10.5 Å². The zero-order chi connectivity index (χ0) is 20.4. The molecule has 0 unspecified atom stereocenters. The van der Waals surface area contributed by atoms with E-state index in [2.05, 4.69) is 21.2 Å². The Morgan fingerprint density at radius 3 is 2.54 bits per heavy atom. The van der Waals surface area contributed by atoms with Crippen LogP contribution in [-0.2, 0) is 11.4 Å². The molecule has 2 aromatic rings. The van der Waals surface area contributed by atoms with Gasteiger partial charge in [0.05, 0.1) is 21.6 Å². The van der Waals surface area contributed by atoms with Crippen molar-refractivity contribution < 1.29 is 19.1 Å². The average Bonchev–Trinajstić information content (AvgIpc) is 2.90. The molecule has 146 valence electrons. The minimum Gasteiger partial charge on any atom is -0.493 e. The Kier molecular flexibility index (Phi) is 6.17. The van der Waals surface area contributed by atoms with Gasteiger partial charge in [-0.3, -0.25) is 9.69 Å². The quantitative estimate of drug-likeness (QED) is 0.484. The van der Waals surface area contributed by atoms with Gasteiger partial charge < -0.3 is 14.8 Å². The zero-order valence-corrected chi connectivity index (χ0v) is 18.0. The maximum Gasteiger partial charge on any atom is 0.328 e. The summed E-state index contributed by atoms with van der Waals surface area (Å²) in [5.41, 5.74) is 1.69. The molecule has 0 radical (unpaired) electrons. The summed E-state index contributed by atoms with van der Waals surface area (Å²) in [6, 6.07) is 8.25. The van der Waals surface area contributed by atoms with E-state index in [1.807, 2.05) is 6.07 Å². The second-order valence-electron chi connectivity index (χ2n) is 5.92. The lowest BCUT2D eigenvalue weighted by Crippen LogP contribution is -2.25. The predicted octanol–water partition coefficient (Wildman–Crippen LogP) is 4.87. The van der Waals surface area contributed by atoms with E-state index in [0.29, 0.717) is 31.6 Å². The van der Waals surface area contributed by atoms with Crippen LogP contribution in [-0.4, -0.2) is 31.0 Å². The average molecular weight is 486 g/mol. The fourth-order valence-corrected chi connectivity index (χ4v) is 3.43. The molecule has 1 saturated heterocycles. The van der Waals surface area contributed by atoms with Crippen molar-refractivity contribution in [3.63, 3.8) is 0 Å². The van der Waals surface area contributed by atoms with Crippen molar-refractivity contribution in [2.45, 2.75) is 6.61 Å². The number of ether oxygens (including phenoxy) is 2. The Morgan fingerprint density at radius 1 is 1.18 bits per heavy atom. The Labute approximate surface area is 180 Å². The van der Waals surface area contributed by atoms with Crippen LogP contribution in [0.4, 0.5) is 4.79 Å². The van der Waals surface area contributed by atoms with Crippen LogP contribution in [0, 0.1) is 0 Å². The normalized spacial score (nSPS) is 15.2. The smallest absolute Gasteiger partial charge is 0.328 e. The van der Waals surface area contributed by atoms with Gasteiger partial charge in [0.25, 0.3) is 5.91 Å². The molecule has 1 aliphatic heterocycles. The number of hydrogen-bond acceptors (Lipinski definition) is 4. The first-order valence-corrected chi connectivity index (χ1v) is 9.60. The molecule has 28 heavy (non-hydrogen) atoms. The maximum absolute atomic E-state index is 12.0. The third-order valence-electron chi connectivity index (χ3n) is 4.01. The summed E-state index contributed by atoms with van der Waals surface area (Å²) in [4.78, 5) is 24.6. The lowest BCUT2D eigenvalue weighted by Gasteiger charge is -2.14. The van der Waals surface area contributed by atoms with Gasteiger partial charge in [0, 0.05) is 7.05 Å². The SMILES string of the molecule is COc1cc(/C=C2/NC(=O)N(C)C2=O)cc(Br)c1OCc1ccc(Cl)c(Cl)c1. The van der Waals surface area contributed by atoms with E-state index < -0.39 is 11.9 Å².